The van der Waals surface area contributed by atoms with Crippen LogP contribution in [-0.4, -0.2) is 72.9 Å². The van der Waals surface area contributed by atoms with Gasteiger partial charge in [0, 0.05) is 39.4 Å². The number of hydrogen-bond acceptors (Lipinski definition) is 5. The Kier molecular flexibility index (Phi) is 7.30. The van der Waals surface area contributed by atoms with E-state index in [2.05, 4.69) is 10.3 Å². The molecule has 1 aliphatic rings. The van der Waals surface area contributed by atoms with Crippen LogP contribution in [0.25, 0.3) is 0 Å². The summed E-state index contributed by atoms with van der Waals surface area (Å²) in [5.74, 6) is 0.605. The van der Waals surface area contributed by atoms with Crippen LogP contribution in [0.3, 0.4) is 0 Å². The molecule has 29 heavy (non-hydrogen) atoms. The first-order valence-corrected chi connectivity index (χ1v) is 10.0. The van der Waals surface area contributed by atoms with Gasteiger partial charge >= 0.3 is 0 Å². The Morgan fingerprint density at radius 1 is 1.10 bits per heavy atom. The number of halogens is 2. The van der Waals surface area contributed by atoms with E-state index < -0.39 is 0 Å². The molecule has 9 heteroatoms. The lowest BCUT2D eigenvalue weighted by Crippen LogP contribution is -2.52. The molecular weight excluding hydrogens is 413 g/mol. The highest BCUT2D eigenvalue weighted by Crippen LogP contribution is 2.20. The third-order valence-electron chi connectivity index (χ3n) is 4.72. The minimum absolute atomic E-state index is 0.0319. The van der Waals surface area contributed by atoms with Gasteiger partial charge in [-0.1, -0.05) is 35.3 Å². The van der Waals surface area contributed by atoms with E-state index >= 15 is 0 Å². The number of carbonyl (C=O) groups excluding carboxylic acids is 2. The SMILES string of the molecule is CN(CC(=O)N1CCN(CC(=O)Nc2ccccc2Cl)CC1)c1ccc(Cl)cn1. The maximum atomic E-state index is 12.6. The summed E-state index contributed by atoms with van der Waals surface area (Å²) in [6.07, 6.45) is 1.56. The molecule has 7 nitrogen and oxygen atoms in total. The number of hydrogen-bond donors (Lipinski definition) is 1. The van der Waals surface area contributed by atoms with Crippen molar-refractivity contribution in [1.29, 1.82) is 0 Å². The van der Waals surface area contributed by atoms with E-state index in [1.54, 1.807) is 35.4 Å². The van der Waals surface area contributed by atoms with Crippen LogP contribution in [0.5, 0.6) is 0 Å². The minimum atomic E-state index is -0.119. The lowest BCUT2D eigenvalue weighted by molar-refractivity contribution is -0.131. The predicted octanol–water partition coefficient (Wildman–Crippen LogP) is 2.61. The van der Waals surface area contributed by atoms with Crippen LogP contribution in [0, 0.1) is 0 Å². The molecule has 0 bridgehead atoms. The molecule has 0 saturated carbocycles. The highest BCUT2D eigenvalue weighted by atomic mass is 35.5. The van der Waals surface area contributed by atoms with Gasteiger partial charge in [-0.15, -0.1) is 0 Å². The molecule has 1 N–H and O–H groups in total. The van der Waals surface area contributed by atoms with Crippen LogP contribution in [0.15, 0.2) is 42.6 Å². The summed E-state index contributed by atoms with van der Waals surface area (Å²) in [5.41, 5.74) is 0.604. The normalized spacial score (nSPS) is 14.5. The van der Waals surface area contributed by atoms with Crippen LogP contribution in [0.4, 0.5) is 11.5 Å². The van der Waals surface area contributed by atoms with Crippen molar-refractivity contribution >= 4 is 46.5 Å². The van der Waals surface area contributed by atoms with Crippen molar-refractivity contribution in [2.75, 3.05) is 56.5 Å². The number of rotatable bonds is 6. The Hall–Kier alpha value is -2.35. The number of likely N-dealkylation sites (N-methyl/N-ethyl adjacent to an activating group) is 1. The minimum Gasteiger partial charge on any atom is -0.350 e. The number of para-hydroxylation sites is 1. The average Bonchev–Trinajstić information content (AvgIpc) is 2.70. The van der Waals surface area contributed by atoms with Crippen molar-refractivity contribution < 1.29 is 9.59 Å². The lowest BCUT2D eigenvalue weighted by atomic mass is 10.3. The van der Waals surface area contributed by atoms with E-state index in [9.17, 15) is 9.59 Å². The molecule has 2 heterocycles. The van der Waals surface area contributed by atoms with Gasteiger partial charge in [0.25, 0.3) is 0 Å². The fourth-order valence-electron chi connectivity index (χ4n) is 3.09. The standard InChI is InChI=1S/C20H23Cl2N5O2/c1-25(18-7-6-15(21)12-23-18)14-20(29)27-10-8-26(9-11-27)13-19(28)24-17-5-3-2-4-16(17)22/h2-7,12H,8-11,13-14H2,1H3,(H,24,28). The van der Waals surface area contributed by atoms with Gasteiger partial charge in [-0.05, 0) is 24.3 Å². The molecule has 1 saturated heterocycles. The van der Waals surface area contributed by atoms with Crippen molar-refractivity contribution in [2.45, 2.75) is 0 Å². The van der Waals surface area contributed by atoms with E-state index in [0.29, 0.717) is 47.7 Å². The smallest absolute Gasteiger partial charge is 0.242 e. The second kappa shape index (κ2) is 9.91. The third kappa shape index (κ3) is 6.06. The number of carbonyl (C=O) groups is 2. The van der Waals surface area contributed by atoms with Gasteiger partial charge < -0.3 is 15.1 Å². The van der Waals surface area contributed by atoms with Crippen LogP contribution in [-0.2, 0) is 9.59 Å². The van der Waals surface area contributed by atoms with E-state index in [1.165, 1.54) is 0 Å². The van der Waals surface area contributed by atoms with Crippen molar-refractivity contribution in [1.82, 2.24) is 14.8 Å². The number of benzene rings is 1. The summed E-state index contributed by atoms with van der Waals surface area (Å²) in [4.78, 5) is 34.7. The van der Waals surface area contributed by atoms with Crippen LogP contribution >= 0.6 is 23.2 Å². The fourth-order valence-corrected chi connectivity index (χ4v) is 3.38. The van der Waals surface area contributed by atoms with Crippen LogP contribution in [0.2, 0.25) is 10.0 Å². The molecule has 2 aromatic rings. The van der Waals surface area contributed by atoms with Gasteiger partial charge in [0.2, 0.25) is 11.8 Å². The Labute approximate surface area is 180 Å². The van der Waals surface area contributed by atoms with Crippen LogP contribution in [0.1, 0.15) is 0 Å². The summed E-state index contributed by atoms with van der Waals surface area (Å²) in [6, 6.07) is 10.7. The van der Waals surface area contributed by atoms with Gasteiger partial charge in [0.05, 0.1) is 28.8 Å². The molecule has 154 valence electrons. The van der Waals surface area contributed by atoms with E-state index in [0.717, 1.165) is 0 Å². The highest BCUT2D eigenvalue weighted by molar-refractivity contribution is 6.33. The maximum Gasteiger partial charge on any atom is 0.242 e. The molecule has 0 atom stereocenters. The second-order valence-electron chi connectivity index (χ2n) is 6.88. The summed E-state index contributed by atoms with van der Waals surface area (Å²) < 4.78 is 0. The molecule has 0 unspecified atom stereocenters. The quantitative estimate of drug-likeness (QED) is 0.754. The Morgan fingerprint density at radius 3 is 2.48 bits per heavy atom. The largest absolute Gasteiger partial charge is 0.350 e. The van der Waals surface area contributed by atoms with Crippen LogP contribution < -0.4 is 10.2 Å². The molecule has 0 aliphatic carbocycles. The molecule has 2 amide bonds. The number of amides is 2. The second-order valence-corrected chi connectivity index (χ2v) is 7.72. The molecule has 1 aromatic heterocycles. The summed E-state index contributed by atoms with van der Waals surface area (Å²) in [6.45, 7) is 2.96. The monoisotopic (exact) mass is 435 g/mol. The third-order valence-corrected chi connectivity index (χ3v) is 5.27. The number of aromatic nitrogens is 1. The molecule has 3 rings (SSSR count). The predicted molar refractivity (Wildman–Crippen MR) is 116 cm³/mol. The molecule has 1 fully saturated rings. The van der Waals surface area contributed by atoms with Gasteiger partial charge in [0.1, 0.15) is 5.82 Å². The van der Waals surface area contributed by atoms with Gasteiger partial charge in [-0.25, -0.2) is 4.98 Å². The number of nitrogens with one attached hydrogen (secondary N) is 1. The molecule has 0 radical (unpaired) electrons. The summed E-state index contributed by atoms with van der Waals surface area (Å²) in [7, 11) is 1.82. The zero-order valence-electron chi connectivity index (χ0n) is 16.1. The highest BCUT2D eigenvalue weighted by Gasteiger charge is 2.23. The Bertz CT molecular complexity index is 854. The van der Waals surface area contributed by atoms with Gasteiger partial charge in [-0.3, -0.25) is 14.5 Å². The fraction of sp³-hybridized carbons (Fsp3) is 0.350. The Morgan fingerprint density at radius 2 is 1.83 bits per heavy atom. The van der Waals surface area contributed by atoms with Crippen molar-refractivity contribution in [3.8, 4) is 0 Å². The average molecular weight is 436 g/mol. The first-order valence-electron chi connectivity index (χ1n) is 9.29. The summed E-state index contributed by atoms with van der Waals surface area (Å²) in [5, 5.41) is 3.89. The zero-order valence-corrected chi connectivity index (χ0v) is 17.7. The van der Waals surface area contributed by atoms with Gasteiger partial charge in [0.15, 0.2) is 0 Å². The number of anilines is 2. The number of pyridine rings is 1. The molecular formula is C20H23Cl2N5O2. The van der Waals surface area contributed by atoms with E-state index in [-0.39, 0.29) is 24.9 Å². The van der Waals surface area contributed by atoms with Crippen molar-refractivity contribution in [3.63, 3.8) is 0 Å². The van der Waals surface area contributed by atoms with E-state index in [1.807, 2.05) is 29.0 Å². The zero-order chi connectivity index (χ0) is 20.8. The Balaban J connectivity index is 1.43. The van der Waals surface area contributed by atoms with Gasteiger partial charge in [-0.2, -0.15) is 0 Å². The first kappa shape index (κ1) is 21.4. The molecule has 0 spiro atoms. The van der Waals surface area contributed by atoms with Crippen molar-refractivity contribution in [3.05, 3.63) is 52.6 Å². The lowest BCUT2D eigenvalue weighted by Gasteiger charge is -2.35. The first-order chi connectivity index (χ1) is 13.9. The maximum absolute atomic E-state index is 12.6. The number of nitrogens with zero attached hydrogens (tertiary/aromatic N) is 4. The molecule has 1 aliphatic heterocycles. The number of piperazine rings is 1. The molecule has 1 aromatic carbocycles. The summed E-state index contributed by atoms with van der Waals surface area (Å²) >= 11 is 11.9. The van der Waals surface area contributed by atoms with E-state index in [4.69, 9.17) is 23.2 Å². The van der Waals surface area contributed by atoms with Crippen molar-refractivity contribution in [2.24, 2.45) is 0 Å². The topological polar surface area (TPSA) is 68.8 Å².